The van der Waals surface area contributed by atoms with Crippen LogP contribution in [0.15, 0.2) is 0 Å². The maximum atomic E-state index is 9.36. The van der Waals surface area contributed by atoms with Crippen molar-refractivity contribution < 1.29 is 149 Å². The average Bonchev–Trinajstić information content (AvgIpc) is 1.14. The molecule has 0 unspecified atom stereocenters. The van der Waals surface area contributed by atoms with Gasteiger partial charge in [0.25, 0.3) is 0 Å². The fourth-order valence-electron chi connectivity index (χ4n) is 0.153. The van der Waals surface area contributed by atoms with Crippen LogP contribution in [0.4, 0.5) is 0 Å². The van der Waals surface area contributed by atoms with E-state index in [1.54, 1.807) is 0 Å². The predicted octanol–water partition coefficient (Wildman–Crippen LogP) is -7.97. The van der Waals surface area contributed by atoms with E-state index in [1.165, 1.54) is 0 Å². The summed E-state index contributed by atoms with van der Waals surface area (Å²) in [4.78, 5) is 56.2. The summed E-state index contributed by atoms with van der Waals surface area (Å²) in [5.41, 5.74) is 0. The molecule has 0 atom stereocenters. The van der Waals surface area contributed by atoms with Crippen molar-refractivity contribution in [2.75, 3.05) is 0 Å². The molecule has 7 nitrogen and oxygen atoms in total. The summed E-state index contributed by atoms with van der Waals surface area (Å²) in [6.07, 6.45) is 0. The number of rotatable bonds is 2. The summed E-state index contributed by atoms with van der Waals surface area (Å²) < 4.78 is 2.57. The molecule has 0 saturated carbocycles. The Hall–Kier alpha value is 4.01. The van der Waals surface area contributed by atoms with Gasteiger partial charge < -0.3 is 32.9 Å². The second-order valence-electron chi connectivity index (χ2n) is 1.10. The van der Waals surface area contributed by atoms with Crippen LogP contribution in [0, 0.1) is 83.8 Å². The van der Waals surface area contributed by atoms with Gasteiger partial charge in [-0.2, -0.15) is 0 Å². The van der Waals surface area contributed by atoms with Gasteiger partial charge in [-0.05, 0) is 0 Å². The van der Waals surface area contributed by atoms with Gasteiger partial charge in [0, 0.05) is 0 Å². The van der Waals surface area contributed by atoms with E-state index in [0.29, 0.717) is 0 Å². The van der Waals surface area contributed by atoms with Crippen LogP contribution in [-0.4, -0.2) is 18.1 Å². The zero-order valence-electron chi connectivity index (χ0n) is 4.96. The van der Waals surface area contributed by atoms with Crippen LogP contribution < -0.4 is 28.8 Å². The third-order valence-electron chi connectivity index (χ3n) is 0.250. The van der Waals surface area contributed by atoms with Crippen molar-refractivity contribution in [3.8, 4) is 0 Å². The minimum atomic E-state index is -5.92. The largest absolute Gasteiger partial charge is 3.00 e. The Morgan fingerprint density at radius 3 is 0.917 bits per heavy atom. The van der Waals surface area contributed by atoms with Gasteiger partial charge in [0.05, 0.1) is 0 Å². The zero-order valence-corrected chi connectivity index (χ0v) is 13.2. The summed E-state index contributed by atoms with van der Waals surface area (Å²) in [7, 11) is -11.8. The maximum absolute atomic E-state index is 9.36. The molecule has 0 N–H and O–H groups in total. The average molecular weight is 605 g/mol. The second kappa shape index (κ2) is 10.2. The van der Waals surface area contributed by atoms with Crippen molar-refractivity contribution in [1.82, 2.24) is 0 Å². The minimum Gasteiger partial charge on any atom is -0.862 e. The Bertz CT molecular complexity index is 86.6. The number of hydrogen-bond acceptors (Lipinski definition) is 7. The molecule has 0 aliphatic carbocycles. The van der Waals surface area contributed by atoms with Crippen molar-refractivity contribution in [1.29, 1.82) is 0 Å². The number of hydrogen-bond donors (Lipinski definition) is 0. The molecule has 0 aromatic carbocycles. The Kier molecular flexibility index (Phi) is 21.2. The minimum absolute atomic E-state index is 0. The van der Waals surface area contributed by atoms with Gasteiger partial charge in [-0.25, -0.2) is 0 Å². The van der Waals surface area contributed by atoms with E-state index < -0.39 is 18.1 Å². The summed E-state index contributed by atoms with van der Waals surface area (Å²) >= 11 is 0. The molecule has 0 aromatic rings. The monoisotopic (exact) mass is 606 g/mol. The van der Waals surface area contributed by atoms with Gasteiger partial charge in [-0.15, -0.1) is 18.1 Å². The van der Waals surface area contributed by atoms with Crippen LogP contribution in [0.2, 0.25) is 0 Å². The molecule has 0 saturated heterocycles. The van der Waals surface area contributed by atoms with Crippen LogP contribution in [0.1, 0.15) is 0 Å². The summed E-state index contributed by atoms with van der Waals surface area (Å²) in [5.74, 6) is 0. The first-order valence-electron chi connectivity index (χ1n) is 1.63. The molecule has 0 spiro atoms. The molecule has 12 heteroatoms. The predicted molar refractivity (Wildman–Crippen MR) is 12.6 cm³/mol. The molecule has 1 radical (unpaired) electrons. The van der Waals surface area contributed by atoms with Gasteiger partial charge in [-0.1, -0.05) is 0 Å². The molecule has 0 fully saturated rings. The van der Waals surface area contributed by atoms with E-state index in [2.05, 4.69) is 4.12 Å². The molecule has 0 aliphatic rings. The van der Waals surface area contributed by atoms with Crippen LogP contribution in [0.5, 0.6) is 0 Å². The van der Waals surface area contributed by atoms with E-state index in [9.17, 15) is 28.8 Å². The zero-order chi connectivity index (χ0) is 7.71. The van der Waals surface area contributed by atoms with Crippen molar-refractivity contribution in [3.05, 3.63) is 0 Å². The third kappa shape index (κ3) is 23.7. The fourth-order valence-corrected chi connectivity index (χ4v) is 1.38. The standard InChI is InChI=1S/Lu.O7Si2.Y.Yb/c;1-8(2,3)7-9(4,5)6;;/q+3;-6;2*+3. The van der Waals surface area contributed by atoms with E-state index in [4.69, 9.17) is 0 Å². The normalized spacial score (nSPS) is 10.5. The van der Waals surface area contributed by atoms with Crippen LogP contribution >= 0.6 is 0 Å². The van der Waals surface area contributed by atoms with Gasteiger partial charge >= 0.3 is 117 Å². The molecule has 0 aliphatic heterocycles. The van der Waals surface area contributed by atoms with E-state index in [-0.39, 0.29) is 117 Å². The van der Waals surface area contributed by atoms with Gasteiger partial charge in [-0.3, -0.25) is 0 Å². The molecule has 0 bridgehead atoms. The van der Waals surface area contributed by atoms with E-state index in [0.717, 1.165) is 0 Å². The second-order valence-corrected chi connectivity index (χ2v) is 3.92. The maximum Gasteiger partial charge on any atom is 3.00 e. The topological polar surface area (TPSA) is 148 Å². The first kappa shape index (κ1) is 25.0. The molecule has 0 rings (SSSR count). The Labute approximate surface area is 163 Å². The molecule has 0 heterocycles. The summed E-state index contributed by atoms with van der Waals surface area (Å²) in [6.45, 7) is 0. The SMILES string of the molecule is [Lu+3].[O-][Si]([O-])([O-])O[Si]([O-])([O-])[O-].[Y+3].[Yb+3]. The quantitative estimate of drug-likeness (QED) is 0.284. The molecule has 79 valence electrons. The van der Waals surface area contributed by atoms with Crippen LogP contribution in [0.3, 0.4) is 0 Å². The van der Waals surface area contributed by atoms with Gasteiger partial charge in [0.15, 0.2) is 0 Å². The summed E-state index contributed by atoms with van der Waals surface area (Å²) in [6, 6.07) is 0. The van der Waals surface area contributed by atoms with Crippen molar-refractivity contribution in [2.24, 2.45) is 0 Å². The van der Waals surface area contributed by atoms with Gasteiger partial charge in [0.2, 0.25) is 0 Å². The van der Waals surface area contributed by atoms with Crippen LogP contribution in [0.25, 0.3) is 0 Å². The molecule has 0 aromatic heterocycles. The van der Waals surface area contributed by atoms with Crippen LogP contribution in [-0.2, 0) is 36.8 Å². The van der Waals surface area contributed by atoms with Crippen molar-refractivity contribution >= 4 is 18.1 Å². The van der Waals surface area contributed by atoms with Crippen molar-refractivity contribution in [2.45, 2.75) is 0 Å². The smallest absolute Gasteiger partial charge is 0.862 e. The van der Waals surface area contributed by atoms with Gasteiger partial charge in [0.1, 0.15) is 0 Å². The first-order chi connectivity index (χ1) is 3.71. The molecular weight excluding hydrogens is 605 g/mol. The first-order valence-corrected chi connectivity index (χ1v) is 4.90. The Balaban J connectivity index is -0.000000107. The molecular formula is LuO7Si2YYb+3. The third-order valence-corrected chi connectivity index (χ3v) is 2.25. The van der Waals surface area contributed by atoms with E-state index >= 15 is 0 Å². The molecule has 0 amide bonds. The fraction of sp³-hybridized carbons (Fsp3) is 0. The Morgan fingerprint density at radius 1 is 0.750 bits per heavy atom. The molecule has 12 heavy (non-hydrogen) atoms. The van der Waals surface area contributed by atoms with E-state index in [1.807, 2.05) is 0 Å². The van der Waals surface area contributed by atoms with Crippen molar-refractivity contribution in [3.63, 3.8) is 0 Å². The summed E-state index contributed by atoms with van der Waals surface area (Å²) in [5, 5.41) is 0. The Morgan fingerprint density at radius 2 is 0.917 bits per heavy atom.